The molecule has 0 aliphatic carbocycles. The maximum atomic E-state index is 12.3. The molecular formula is C12H14N2O2S. The second kappa shape index (κ2) is 5.30. The first-order valence-corrected chi connectivity index (χ1v) is 6.43. The summed E-state index contributed by atoms with van der Waals surface area (Å²) < 4.78 is 5.21. The smallest absolute Gasteiger partial charge is 0.231 e. The van der Waals surface area contributed by atoms with Crippen LogP contribution in [-0.4, -0.2) is 36.6 Å². The van der Waals surface area contributed by atoms with Crippen molar-refractivity contribution in [3.05, 3.63) is 22.4 Å². The summed E-state index contributed by atoms with van der Waals surface area (Å²) in [6.45, 7) is 3.23. The van der Waals surface area contributed by atoms with E-state index >= 15 is 0 Å². The number of rotatable bonds is 2. The molecule has 1 amide bonds. The Morgan fingerprint density at radius 3 is 3.24 bits per heavy atom. The van der Waals surface area contributed by atoms with E-state index in [0.717, 1.165) is 4.88 Å². The summed E-state index contributed by atoms with van der Waals surface area (Å²) in [4.78, 5) is 15.0. The van der Waals surface area contributed by atoms with Crippen LogP contribution in [0.15, 0.2) is 17.5 Å². The summed E-state index contributed by atoms with van der Waals surface area (Å²) in [5.41, 5.74) is 0. The van der Waals surface area contributed by atoms with Gasteiger partial charge in [0.25, 0.3) is 0 Å². The van der Waals surface area contributed by atoms with Gasteiger partial charge in [-0.2, -0.15) is 5.26 Å². The Morgan fingerprint density at radius 2 is 2.59 bits per heavy atom. The van der Waals surface area contributed by atoms with Crippen molar-refractivity contribution in [2.45, 2.75) is 18.9 Å². The Kier molecular flexibility index (Phi) is 3.77. The molecule has 2 atom stereocenters. The molecule has 1 aromatic rings. The van der Waals surface area contributed by atoms with E-state index in [2.05, 4.69) is 6.07 Å². The van der Waals surface area contributed by atoms with E-state index in [4.69, 9.17) is 10.00 Å². The van der Waals surface area contributed by atoms with Crippen LogP contribution < -0.4 is 0 Å². The van der Waals surface area contributed by atoms with E-state index in [1.807, 2.05) is 24.4 Å². The lowest BCUT2D eigenvalue weighted by Crippen LogP contribution is -2.49. The molecule has 0 spiro atoms. The highest BCUT2D eigenvalue weighted by Crippen LogP contribution is 2.24. The van der Waals surface area contributed by atoms with E-state index in [1.165, 1.54) is 0 Å². The van der Waals surface area contributed by atoms with Crippen LogP contribution >= 0.6 is 11.3 Å². The summed E-state index contributed by atoms with van der Waals surface area (Å²) in [5.74, 6) is -0.161. The molecule has 1 aromatic heterocycles. The molecule has 2 unspecified atom stereocenters. The van der Waals surface area contributed by atoms with Crippen molar-refractivity contribution in [1.29, 1.82) is 5.26 Å². The van der Waals surface area contributed by atoms with Crippen LogP contribution in [0.2, 0.25) is 0 Å². The lowest BCUT2D eigenvalue weighted by molar-refractivity contribution is -0.138. The lowest BCUT2D eigenvalue weighted by atomic mass is 10.1. The van der Waals surface area contributed by atoms with Crippen molar-refractivity contribution in [1.82, 2.24) is 4.90 Å². The van der Waals surface area contributed by atoms with Gasteiger partial charge in [0, 0.05) is 11.4 Å². The number of ether oxygens (including phenoxy) is 1. The van der Waals surface area contributed by atoms with E-state index in [0.29, 0.717) is 19.8 Å². The predicted molar refractivity (Wildman–Crippen MR) is 64.7 cm³/mol. The van der Waals surface area contributed by atoms with Crippen molar-refractivity contribution < 1.29 is 9.53 Å². The highest BCUT2D eigenvalue weighted by molar-refractivity contribution is 7.10. The predicted octanol–water partition coefficient (Wildman–Crippen LogP) is 1.60. The van der Waals surface area contributed by atoms with E-state index < -0.39 is 6.04 Å². The highest BCUT2D eigenvalue weighted by Gasteiger charge is 2.30. The second-order valence-corrected chi connectivity index (χ2v) is 4.97. The first-order valence-electron chi connectivity index (χ1n) is 5.55. The Morgan fingerprint density at radius 1 is 1.76 bits per heavy atom. The third-order valence-corrected chi connectivity index (χ3v) is 3.96. The number of amides is 1. The monoisotopic (exact) mass is 250 g/mol. The average Bonchev–Trinajstić information content (AvgIpc) is 2.90. The van der Waals surface area contributed by atoms with Crippen LogP contribution in [0.25, 0.3) is 0 Å². The fraction of sp³-hybridized carbons (Fsp3) is 0.500. The van der Waals surface area contributed by atoms with Gasteiger partial charge in [-0.25, -0.2) is 0 Å². The van der Waals surface area contributed by atoms with Crippen LogP contribution in [0, 0.1) is 11.3 Å². The Labute approximate surface area is 104 Å². The van der Waals surface area contributed by atoms with E-state index in [-0.39, 0.29) is 11.8 Å². The topological polar surface area (TPSA) is 53.3 Å². The van der Waals surface area contributed by atoms with Gasteiger partial charge in [0.05, 0.1) is 25.2 Å². The fourth-order valence-corrected chi connectivity index (χ4v) is 2.66. The molecule has 2 rings (SSSR count). The fourth-order valence-electron chi connectivity index (χ4n) is 1.88. The molecule has 1 aliphatic rings. The molecule has 0 radical (unpaired) electrons. The minimum atomic E-state index is -0.446. The number of hydrogen-bond donors (Lipinski definition) is 0. The number of morpholine rings is 1. The number of carbonyl (C=O) groups excluding carboxylic acids is 1. The molecule has 1 saturated heterocycles. The van der Waals surface area contributed by atoms with Gasteiger partial charge in [-0.1, -0.05) is 6.07 Å². The lowest BCUT2D eigenvalue weighted by Gasteiger charge is -2.33. The van der Waals surface area contributed by atoms with Crippen LogP contribution in [0.3, 0.4) is 0 Å². The summed E-state index contributed by atoms with van der Waals surface area (Å²) in [5, 5.41) is 11.0. The third-order valence-electron chi connectivity index (χ3n) is 2.90. The molecule has 2 heterocycles. The molecule has 0 aromatic carbocycles. The zero-order valence-electron chi connectivity index (χ0n) is 9.63. The van der Waals surface area contributed by atoms with Gasteiger partial charge in [0.15, 0.2) is 0 Å². The van der Waals surface area contributed by atoms with Crippen LogP contribution in [0.1, 0.15) is 17.7 Å². The number of nitrogens with zero attached hydrogens (tertiary/aromatic N) is 2. The molecule has 0 bridgehead atoms. The van der Waals surface area contributed by atoms with Crippen molar-refractivity contribution in [3.8, 4) is 6.07 Å². The number of carbonyl (C=O) groups is 1. The Balaban J connectivity index is 2.11. The molecule has 1 fully saturated rings. The molecule has 17 heavy (non-hydrogen) atoms. The summed E-state index contributed by atoms with van der Waals surface area (Å²) in [6, 6.07) is 5.56. The summed E-state index contributed by atoms with van der Waals surface area (Å²) >= 11 is 1.57. The number of thiophene rings is 1. The van der Waals surface area contributed by atoms with Crippen molar-refractivity contribution in [2.24, 2.45) is 0 Å². The van der Waals surface area contributed by atoms with Crippen LogP contribution in [-0.2, 0) is 9.53 Å². The van der Waals surface area contributed by atoms with Gasteiger partial charge >= 0.3 is 0 Å². The van der Waals surface area contributed by atoms with Gasteiger partial charge < -0.3 is 9.64 Å². The quantitative estimate of drug-likeness (QED) is 0.801. The zero-order chi connectivity index (χ0) is 12.3. The maximum absolute atomic E-state index is 12.3. The molecule has 0 saturated carbocycles. The van der Waals surface area contributed by atoms with Crippen molar-refractivity contribution in [3.63, 3.8) is 0 Å². The van der Waals surface area contributed by atoms with Gasteiger partial charge in [0.1, 0.15) is 6.04 Å². The molecule has 5 heteroatoms. The Hall–Kier alpha value is -1.38. The zero-order valence-corrected chi connectivity index (χ0v) is 10.4. The molecule has 90 valence electrons. The van der Waals surface area contributed by atoms with Crippen LogP contribution in [0.4, 0.5) is 0 Å². The first kappa shape index (κ1) is 12.1. The largest absolute Gasteiger partial charge is 0.376 e. The average molecular weight is 250 g/mol. The second-order valence-electron chi connectivity index (χ2n) is 3.99. The van der Waals surface area contributed by atoms with E-state index in [9.17, 15) is 4.79 Å². The van der Waals surface area contributed by atoms with Crippen LogP contribution in [0.5, 0.6) is 0 Å². The van der Waals surface area contributed by atoms with Gasteiger partial charge in [-0.3, -0.25) is 4.79 Å². The molecular weight excluding hydrogens is 236 g/mol. The molecule has 0 N–H and O–H groups in total. The minimum Gasteiger partial charge on any atom is -0.376 e. The normalized spacial score (nSPS) is 21.9. The summed E-state index contributed by atoms with van der Waals surface area (Å²) in [6.07, 6.45) is 0. The van der Waals surface area contributed by atoms with Crippen molar-refractivity contribution >= 4 is 17.2 Å². The standard InChI is InChI=1S/C12H14N2O2S/c1-9(11-3-2-6-17-11)12(15)14-4-5-16-8-10(14)7-13/h2-3,6,9-10H,4-5,8H2,1H3. The highest BCUT2D eigenvalue weighted by atomic mass is 32.1. The van der Waals surface area contributed by atoms with Gasteiger partial charge in [0.2, 0.25) is 5.91 Å². The van der Waals surface area contributed by atoms with Gasteiger partial charge in [-0.05, 0) is 18.4 Å². The Bertz CT molecular complexity index is 424. The maximum Gasteiger partial charge on any atom is 0.231 e. The third kappa shape index (κ3) is 2.48. The van der Waals surface area contributed by atoms with Crippen molar-refractivity contribution in [2.75, 3.05) is 19.8 Å². The minimum absolute atomic E-state index is 0.0160. The number of hydrogen-bond acceptors (Lipinski definition) is 4. The number of nitriles is 1. The van der Waals surface area contributed by atoms with E-state index in [1.54, 1.807) is 16.2 Å². The summed E-state index contributed by atoms with van der Waals surface area (Å²) in [7, 11) is 0. The molecule has 1 aliphatic heterocycles. The molecule has 4 nitrogen and oxygen atoms in total. The van der Waals surface area contributed by atoms with Gasteiger partial charge in [-0.15, -0.1) is 11.3 Å². The SMILES string of the molecule is CC(C(=O)N1CCOCC1C#N)c1cccs1. The first-order chi connectivity index (χ1) is 8.24.